The Hall–Kier alpha value is -3.58. The number of para-hydroxylation sites is 1. The molecular formula is C24H25ClN6O. The molecule has 2 aromatic heterocycles. The Kier molecular flexibility index (Phi) is 7.19. The number of hydrogen-bond acceptors (Lipinski definition) is 4. The molecule has 0 aliphatic carbocycles. The quantitative estimate of drug-likeness (QED) is 0.312. The van der Waals surface area contributed by atoms with Gasteiger partial charge < -0.3 is 15.4 Å². The van der Waals surface area contributed by atoms with Crippen molar-refractivity contribution in [3.8, 4) is 5.75 Å². The Morgan fingerprint density at radius 1 is 0.969 bits per heavy atom. The first-order valence-corrected chi connectivity index (χ1v) is 10.9. The number of benzene rings is 2. The first-order chi connectivity index (χ1) is 15.7. The smallest absolute Gasteiger partial charge is 0.191 e. The van der Waals surface area contributed by atoms with Crippen molar-refractivity contribution in [2.45, 2.75) is 26.6 Å². The van der Waals surface area contributed by atoms with Crippen LogP contribution in [-0.2, 0) is 19.7 Å². The zero-order valence-electron chi connectivity index (χ0n) is 17.8. The summed E-state index contributed by atoms with van der Waals surface area (Å²) in [5, 5.41) is 15.7. The lowest BCUT2D eigenvalue weighted by Gasteiger charge is -2.13. The van der Waals surface area contributed by atoms with E-state index in [1.165, 1.54) is 0 Å². The number of nitrogens with zero attached hydrogens (tertiary/aromatic N) is 4. The normalized spacial score (nSPS) is 11.5. The summed E-state index contributed by atoms with van der Waals surface area (Å²) in [5.74, 6) is 2.20. The van der Waals surface area contributed by atoms with Gasteiger partial charge in [-0.1, -0.05) is 54.1 Å². The summed E-state index contributed by atoms with van der Waals surface area (Å²) in [4.78, 5) is 4.75. The van der Waals surface area contributed by atoms with Crippen molar-refractivity contribution in [2.24, 2.45) is 4.99 Å². The van der Waals surface area contributed by atoms with E-state index < -0.39 is 0 Å². The van der Waals surface area contributed by atoms with Gasteiger partial charge in [-0.25, -0.2) is 4.99 Å². The lowest BCUT2D eigenvalue weighted by atomic mass is 10.1. The summed E-state index contributed by atoms with van der Waals surface area (Å²) in [7, 11) is 0. The molecule has 7 nitrogen and oxygen atoms in total. The molecule has 2 N–H and O–H groups in total. The number of ether oxygens (including phenoxy) is 1. The number of hydrogen-bond donors (Lipinski definition) is 2. The second-order valence-corrected chi connectivity index (χ2v) is 7.49. The third-order valence-corrected chi connectivity index (χ3v) is 5.20. The highest BCUT2D eigenvalue weighted by Gasteiger charge is 2.08. The SMILES string of the molecule is CCNC(=NCc1ccccc1COc1ccccc1Cl)NCc1nnc2ccccn12. The van der Waals surface area contributed by atoms with E-state index in [2.05, 4.69) is 26.9 Å². The van der Waals surface area contributed by atoms with Gasteiger partial charge in [0.2, 0.25) is 0 Å². The first kappa shape index (κ1) is 21.6. The maximum Gasteiger partial charge on any atom is 0.191 e. The van der Waals surface area contributed by atoms with Crippen LogP contribution in [0, 0.1) is 0 Å². The molecule has 0 unspecified atom stereocenters. The number of halogens is 1. The number of fused-ring (bicyclic) bond motifs is 1. The van der Waals surface area contributed by atoms with E-state index in [9.17, 15) is 0 Å². The van der Waals surface area contributed by atoms with E-state index >= 15 is 0 Å². The van der Waals surface area contributed by atoms with Gasteiger partial charge in [-0.2, -0.15) is 0 Å². The van der Waals surface area contributed by atoms with E-state index in [0.29, 0.717) is 36.4 Å². The molecule has 0 aliphatic rings. The summed E-state index contributed by atoms with van der Waals surface area (Å²) in [6.07, 6.45) is 1.95. The molecule has 0 radical (unpaired) electrons. The monoisotopic (exact) mass is 448 g/mol. The van der Waals surface area contributed by atoms with Crippen LogP contribution in [0.15, 0.2) is 77.9 Å². The lowest BCUT2D eigenvalue weighted by Crippen LogP contribution is -2.37. The van der Waals surface area contributed by atoms with Crippen molar-refractivity contribution < 1.29 is 4.74 Å². The molecule has 32 heavy (non-hydrogen) atoms. The molecule has 2 aromatic carbocycles. The van der Waals surface area contributed by atoms with Crippen LogP contribution >= 0.6 is 11.6 Å². The Morgan fingerprint density at radius 2 is 1.75 bits per heavy atom. The molecule has 0 saturated heterocycles. The predicted octanol–water partition coefficient (Wildman–Crippen LogP) is 4.22. The van der Waals surface area contributed by atoms with E-state index in [-0.39, 0.29) is 0 Å². The predicted molar refractivity (Wildman–Crippen MR) is 127 cm³/mol. The summed E-state index contributed by atoms with van der Waals surface area (Å²) in [6.45, 7) is 4.23. The summed E-state index contributed by atoms with van der Waals surface area (Å²) < 4.78 is 7.88. The fourth-order valence-corrected chi connectivity index (χ4v) is 3.44. The standard InChI is InChI=1S/C24H25ClN6O/c1-2-26-24(28-16-23-30-29-22-13-7-8-14-31(22)23)27-15-18-9-3-4-10-19(18)17-32-21-12-6-5-11-20(21)25/h3-14H,2,15-17H2,1H3,(H2,26,27,28). The van der Waals surface area contributed by atoms with Gasteiger partial charge in [0.05, 0.1) is 18.1 Å². The highest BCUT2D eigenvalue weighted by Crippen LogP contribution is 2.24. The molecule has 4 aromatic rings. The fourth-order valence-electron chi connectivity index (χ4n) is 3.25. The molecule has 2 heterocycles. The average Bonchev–Trinajstić information content (AvgIpc) is 3.24. The molecular weight excluding hydrogens is 424 g/mol. The Bertz CT molecular complexity index is 1210. The number of aliphatic imine (C=N–C) groups is 1. The van der Waals surface area contributed by atoms with E-state index in [1.54, 1.807) is 0 Å². The topological polar surface area (TPSA) is 75.8 Å². The zero-order chi connectivity index (χ0) is 22.2. The molecule has 0 saturated carbocycles. The van der Waals surface area contributed by atoms with Gasteiger partial charge in [-0.15, -0.1) is 10.2 Å². The minimum Gasteiger partial charge on any atom is -0.487 e. The van der Waals surface area contributed by atoms with Crippen molar-refractivity contribution in [3.63, 3.8) is 0 Å². The zero-order valence-corrected chi connectivity index (χ0v) is 18.6. The third kappa shape index (κ3) is 5.36. The number of nitrogens with one attached hydrogen (secondary N) is 2. The van der Waals surface area contributed by atoms with Crippen LogP contribution in [0.2, 0.25) is 5.02 Å². The van der Waals surface area contributed by atoms with Crippen molar-refractivity contribution in [1.29, 1.82) is 0 Å². The van der Waals surface area contributed by atoms with Crippen LogP contribution < -0.4 is 15.4 Å². The van der Waals surface area contributed by atoms with Crippen LogP contribution in [0.4, 0.5) is 0 Å². The lowest BCUT2D eigenvalue weighted by molar-refractivity contribution is 0.305. The Balaban J connectivity index is 1.43. The second-order valence-electron chi connectivity index (χ2n) is 7.08. The average molecular weight is 449 g/mol. The number of rotatable bonds is 8. The van der Waals surface area contributed by atoms with Crippen LogP contribution in [0.5, 0.6) is 5.75 Å². The largest absolute Gasteiger partial charge is 0.487 e. The van der Waals surface area contributed by atoms with Crippen molar-refractivity contribution in [2.75, 3.05) is 6.54 Å². The molecule has 0 fully saturated rings. The maximum absolute atomic E-state index is 6.21. The van der Waals surface area contributed by atoms with E-state index in [0.717, 1.165) is 29.1 Å². The van der Waals surface area contributed by atoms with Gasteiger partial charge >= 0.3 is 0 Å². The van der Waals surface area contributed by atoms with Crippen LogP contribution in [0.1, 0.15) is 23.9 Å². The number of guanidine groups is 1. The minimum atomic E-state index is 0.422. The Labute approximate surface area is 192 Å². The highest BCUT2D eigenvalue weighted by atomic mass is 35.5. The number of pyridine rings is 1. The molecule has 0 atom stereocenters. The molecule has 164 valence electrons. The summed E-state index contributed by atoms with van der Waals surface area (Å²) in [5.41, 5.74) is 2.97. The maximum atomic E-state index is 6.21. The second kappa shape index (κ2) is 10.6. The van der Waals surface area contributed by atoms with Crippen molar-refractivity contribution >= 4 is 23.2 Å². The molecule has 4 rings (SSSR count). The van der Waals surface area contributed by atoms with Crippen LogP contribution in [-0.4, -0.2) is 27.1 Å². The van der Waals surface area contributed by atoms with Gasteiger partial charge in [0.15, 0.2) is 17.4 Å². The molecule has 0 spiro atoms. The molecule has 8 heteroatoms. The van der Waals surface area contributed by atoms with Crippen LogP contribution in [0.3, 0.4) is 0 Å². The van der Waals surface area contributed by atoms with Gasteiger partial charge in [0.1, 0.15) is 12.4 Å². The van der Waals surface area contributed by atoms with Gasteiger partial charge in [0, 0.05) is 12.7 Å². The fraction of sp³-hybridized carbons (Fsp3) is 0.208. The first-order valence-electron chi connectivity index (χ1n) is 10.5. The molecule has 0 aliphatic heterocycles. The van der Waals surface area contributed by atoms with Gasteiger partial charge in [0.25, 0.3) is 0 Å². The van der Waals surface area contributed by atoms with E-state index in [1.807, 2.05) is 78.2 Å². The number of aromatic nitrogens is 3. The Morgan fingerprint density at radius 3 is 2.59 bits per heavy atom. The molecule has 0 bridgehead atoms. The van der Waals surface area contributed by atoms with Gasteiger partial charge in [-0.3, -0.25) is 4.40 Å². The van der Waals surface area contributed by atoms with E-state index in [4.69, 9.17) is 21.3 Å². The molecule has 0 amide bonds. The van der Waals surface area contributed by atoms with Gasteiger partial charge in [-0.05, 0) is 42.3 Å². The highest BCUT2D eigenvalue weighted by molar-refractivity contribution is 6.32. The van der Waals surface area contributed by atoms with Crippen molar-refractivity contribution in [1.82, 2.24) is 25.2 Å². The summed E-state index contributed by atoms with van der Waals surface area (Å²) in [6, 6.07) is 21.4. The summed E-state index contributed by atoms with van der Waals surface area (Å²) >= 11 is 6.21. The van der Waals surface area contributed by atoms with Crippen molar-refractivity contribution in [3.05, 3.63) is 94.9 Å². The third-order valence-electron chi connectivity index (χ3n) is 4.89. The minimum absolute atomic E-state index is 0.422. The van der Waals surface area contributed by atoms with Crippen LogP contribution in [0.25, 0.3) is 5.65 Å².